The predicted molar refractivity (Wildman–Crippen MR) is 288 cm³/mol. The van der Waals surface area contributed by atoms with E-state index in [9.17, 15) is 0 Å². The number of hydrogen-bond acceptors (Lipinski definition) is 5. The molecule has 15 rings (SSSR count). The van der Waals surface area contributed by atoms with Crippen LogP contribution in [0.3, 0.4) is 0 Å². The molecule has 13 aromatic rings. The molecule has 0 bridgehead atoms. The first-order chi connectivity index (χ1) is 33.7. The van der Waals surface area contributed by atoms with Crippen LogP contribution in [0.5, 0.6) is 0 Å². The molecule has 2 aliphatic carbocycles. The van der Waals surface area contributed by atoms with E-state index >= 15 is 0 Å². The minimum Gasteiger partial charge on any atom is -0.459 e. The van der Waals surface area contributed by atoms with E-state index in [0.717, 1.165) is 50.9 Å². The Hall–Kier alpha value is -8.22. The fraction of sp³-hybridized carbons (Fsp3) is 0.0159. The molecule has 10 aromatic carbocycles. The van der Waals surface area contributed by atoms with Gasteiger partial charge < -0.3 is 14.2 Å². The van der Waals surface area contributed by atoms with Crippen molar-refractivity contribution in [3.63, 3.8) is 0 Å². The van der Waals surface area contributed by atoms with Crippen LogP contribution in [0, 0.1) is 0 Å². The molecule has 0 fully saturated rings. The zero-order chi connectivity index (χ0) is 44.5. The molecule has 318 valence electrons. The van der Waals surface area contributed by atoms with Gasteiger partial charge in [-0.15, -0.1) is 22.7 Å². The van der Waals surface area contributed by atoms with Crippen LogP contribution in [0.2, 0.25) is 0 Å². The smallest absolute Gasteiger partial charge is 0.135 e. The van der Waals surface area contributed by atoms with Crippen molar-refractivity contribution in [3.05, 3.63) is 253 Å². The summed E-state index contributed by atoms with van der Waals surface area (Å²) in [5, 5.41) is 6.25. The molecule has 0 saturated heterocycles. The number of nitrogens with zero attached hydrogens (tertiary/aromatic N) is 2. The normalized spacial score (nSPS) is 14.5. The number of para-hydroxylation sites is 3. The number of rotatable bonds is 6. The van der Waals surface area contributed by atoms with Crippen LogP contribution in [-0.4, -0.2) is 0 Å². The van der Waals surface area contributed by atoms with Crippen molar-refractivity contribution >= 4 is 108 Å². The second kappa shape index (κ2) is 14.4. The fourth-order valence-corrected chi connectivity index (χ4v) is 14.0. The average molecular weight is 903 g/mol. The third-order valence-electron chi connectivity index (χ3n) is 14.4. The largest absolute Gasteiger partial charge is 0.459 e. The van der Waals surface area contributed by atoms with Gasteiger partial charge in [0.05, 0.1) is 16.1 Å². The van der Waals surface area contributed by atoms with E-state index in [1.54, 1.807) is 0 Å². The molecule has 68 heavy (non-hydrogen) atoms. The van der Waals surface area contributed by atoms with Gasteiger partial charge in [-0.2, -0.15) is 0 Å². The third kappa shape index (κ3) is 5.17. The standard InChI is InChI=1S/C63H38N2OS2/c1-3-17-39(18-4-1)64(41-34-36-58-49(37-41)44-22-10-13-31-56(44)67-58)53-28-16-27-51-60(53)46-23-7-11-26-50(46)63(51)52-38-42(33-35-47(52)59-48-24-8-12-30-55(48)66-62(59)63)65(40-19-5-2-6-20-40)54-29-15-25-45-43-21-9-14-32-57(43)68-61(45)54/h1-38H. The van der Waals surface area contributed by atoms with E-state index in [2.05, 4.69) is 240 Å². The second-order valence-electron chi connectivity index (χ2n) is 17.9. The first kappa shape index (κ1) is 37.9. The zero-order valence-corrected chi connectivity index (χ0v) is 38.2. The van der Waals surface area contributed by atoms with E-state index in [1.165, 1.54) is 79.3 Å². The Morgan fingerprint density at radius 3 is 1.71 bits per heavy atom. The van der Waals surface area contributed by atoms with E-state index in [1.807, 2.05) is 22.7 Å². The SMILES string of the molecule is c1ccc(N(c2ccc3sc4ccccc4c3c2)c2cccc3c2-c2ccccc2C32c3cc(N(c4ccccc4)c4cccc5c4sc4ccccc45)ccc3-c3c2oc2ccccc32)cc1. The molecule has 1 atom stereocenters. The maximum atomic E-state index is 7.33. The topological polar surface area (TPSA) is 19.6 Å². The molecule has 0 radical (unpaired) electrons. The summed E-state index contributed by atoms with van der Waals surface area (Å²) in [6.45, 7) is 0. The summed E-state index contributed by atoms with van der Waals surface area (Å²) in [7, 11) is 0. The van der Waals surface area contributed by atoms with Crippen LogP contribution >= 0.6 is 22.7 Å². The minimum absolute atomic E-state index is 0.760. The molecule has 1 unspecified atom stereocenters. The van der Waals surface area contributed by atoms with E-state index in [-0.39, 0.29) is 0 Å². The monoisotopic (exact) mass is 902 g/mol. The van der Waals surface area contributed by atoms with Gasteiger partial charge in [0.2, 0.25) is 0 Å². The lowest BCUT2D eigenvalue weighted by molar-refractivity contribution is 0.507. The van der Waals surface area contributed by atoms with Crippen molar-refractivity contribution in [2.24, 2.45) is 0 Å². The Bertz CT molecular complexity index is 4180. The highest BCUT2D eigenvalue weighted by Crippen LogP contribution is 2.67. The molecule has 0 aliphatic heterocycles. The lowest BCUT2D eigenvalue weighted by atomic mass is 9.73. The maximum Gasteiger partial charge on any atom is 0.135 e. The van der Waals surface area contributed by atoms with Crippen LogP contribution in [0.4, 0.5) is 34.1 Å². The molecule has 2 aliphatic rings. The quantitative estimate of drug-likeness (QED) is 0.166. The van der Waals surface area contributed by atoms with E-state index < -0.39 is 5.41 Å². The maximum absolute atomic E-state index is 7.33. The van der Waals surface area contributed by atoms with Gasteiger partial charge in [-0.25, -0.2) is 0 Å². The number of fused-ring (bicyclic) bond motifs is 18. The highest BCUT2D eigenvalue weighted by Gasteiger charge is 2.56. The Balaban J connectivity index is 1.02. The molecular formula is C63H38N2OS2. The molecule has 1 spiro atoms. The highest BCUT2D eigenvalue weighted by atomic mass is 32.1. The first-order valence-electron chi connectivity index (χ1n) is 23.2. The first-order valence-corrected chi connectivity index (χ1v) is 24.8. The van der Waals surface area contributed by atoms with Crippen LogP contribution in [0.25, 0.3) is 73.6 Å². The minimum atomic E-state index is -0.760. The van der Waals surface area contributed by atoms with Gasteiger partial charge in [0, 0.05) is 74.9 Å². The van der Waals surface area contributed by atoms with Crippen LogP contribution in [0.1, 0.15) is 22.5 Å². The number of benzene rings is 10. The van der Waals surface area contributed by atoms with Crippen molar-refractivity contribution in [2.45, 2.75) is 5.41 Å². The summed E-state index contributed by atoms with van der Waals surface area (Å²) in [5.41, 5.74) is 15.3. The van der Waals surface area contributed by atoms with Gasteiger partial charge >= 0.3 is 0 Å². The van der Waals surface area contributed by atoms with Gasteiger partial charge in [0.25, 0.3) is 0 Å². The molecule has 0 saturated carbocycles. The summed E-state index contributed by atoms with van der Waals surface area (Å²) in [6, 6.07) is 84.8. The van der Waals surface area contributed by atoms with Crippen molar-refractivity contribution in [1.82, 2.24) is 0 Å². The Kier molecular flexibility index (Phi) is 8.03. The molecule has 3 aromatic heterocycles. The number of thiophene rings is 2. The van der Waals surface area contributed by atoms with Crippen molar-refractivity contribution in [2.75, 3.05) is 9.80 Å². The molecular weight excluding hydrogens is 865 g/mol. The molecule has 5 heteroatoms. The van der Waals surface area contributed by atoms with Crippen molar-refractivity contribution in [3.8, 4) is 22.3 Å². The third-order valence-corrected chi connectivity index (χ3v) is 16.8. The molecule has 3 heterocycles. The molecule has 0 N–H and O–H groups in total. The van der Waals surface area contributed by atoms with Crippen molar-refractivity contribution in [1.29, 1.82) is 0 Å². The fourth-order valence-electron chi connectivity index (χ4n) is 11.7. The summed E-state index contributed by atoms with van der Waals surface area (Å²) in [4.78, 5) is 4.93. The summed E-state index contributed by atoms with van der Waals surface area (Å²) >= 11 is 3.72. The lowest BCUT2D eigenvalue weighted by Gasteiger charge is -2.32. The zero-order valence-electron chi connectivity index (χ0n) is 36.6. The summed E-state index contributed by atoms with van der Waals surface area (Å²) < 4.78 is 12.5. The van der Waals surface area contributed by atoms with Gasteiger partial charge in [-0.1, -0.05) is 146 Å². The van der Waals surface area contributed by atoms with Crippen LogP contribution in [-0.2, 0) is 5.41 Å². The van der Waals surface area contributed by atoms with E-state index in [0.29, 0.717) is 0 Å². The summed E-state index contributed by atoms with van der Waals surface area (Å²) in [5.74, 6) is 0.976. The van der Waals surface area contributed by atoms with Gasteiger partial charge in [0.15, 0.2) is 0 Å². The predicted octanol–water partition coefficient (Wildman–Crippen LogP) is 18.5. The number of furan rings is 1. The molecule has 0 amide bonds. The van der Waals surface area contributed by atoms with Gasteiger partial charge in [-0.05, 0) is 113 Å². The van der Waals surface area contributed by atoms with Gasteiger partial charge in [0.1, 0.15) is 16.8 Å². The van der Waals surface area contributed by atoms with Crippen LogP contribution < -0.4 is 9.80 Å². The average Bonchev–Trinajstić information content (AvgIpc) is 4.20. The Morgan fingerprint density at radius 2 is 0.897 bits per heavy atom. The van der Waals surface area contributed by atoms with Gasteiger partial charge in [-0.3, -0.25) is 0 Å². The summed E-state index contributed by atoms with van der Waals surface area (Å²) in [6.07, 6.45) is 0. The Morgan fingerprint density at radius 1 is 0.338 bits per heavy atom. The number of anilines is 6. The second-order valence-corrected chi connectivity index (χ2v) is 20.0. The highest BCUT2D eigenvalue weighted by molar-refractivity contribution is 7.26. The number of hydrogen-bond donors (Lipinski definition) is 0. The Labute approximate surface area is 400 Å². The van der Waals surface area contributed by atoms with E-state index in [4.69, 9.17) is 4.42 Å². The molecule has 3 nitrogen and oxygen atoms in total. The lowest BCUT2D eigenvalue weighted by Crippen LogP contribution is -2.26. The van der Waals surface area contributed by atoms with Crippen LogP contribution in [0.15, 0.2) is 235 Å². The van der Waals surface area contributed by atoms with Crippen molar-refractivity contribution < 1.29 is 4.42 Å².